The molecule has 0 saturated heterocycles. The molecule has 3 heterocycles. The zero-order valence-corrected chi connectivity index (χ0v) is 30.5. The summed E-state index contributed by atoms with van der Waals surface area (Å²) in [5.74, 6) is 1.89. The molecule has 55 heavy (non-hydrogen) atoms. The van der Waals surface area contributed by atoms with Gasteiger partial charge in [0, 0.05) is 43.5 Å². The molecule has 10 aromatic rings. The second-order valence-electron chi connectivity index (χ2n) is 13.4. The average molecular weight is 721 g/mol. The van der Waals surface area contributed by atoms with Crippen molar-refractivity contribution in [2.75, 3.05) is 0 Å². The normalized spacial score (nSPS) is 11.3. The molecule has 0 N–H and O–H groups in total. The number of aromatic nitrogens is 4. The number of benzene rings is 7. The monoisotopic (exact) mass is 720 g/mol. The first-order chi connectivity index (χ1) is 27.3. The van der Waals surface area contributed by atoms with E-state index in [4.69, 9.17) is 19.9 Å². The zero-order valence-electron chi connectivity index (χ0n) is 29.7. The predicted molar refractivity (Wildman–Crippen MR) is 229 cm³/mol. The number of fused-ring (bicyclic) bond motifs is 3. The van der Waals surface area contributed by atoms with Crippen LogP contribution in [0.3, 0.4) is 0 Å². The molecule has 0 unspecified atom stereocenters. The highest BCUT2D eigenvalue weighted by atomic mass is 32.1. The third-order valence-electron chi connectivity index (χ3n) is 9.94. The average Bonchev–Trinajstić information content (AvgIpc) is 3.69. The molecule has 0 fully saturated rings. The van der Waals surface area contributed by atoms with Crippen LogP contribution in [0.5, 0.6) is 0 Å². The van der Waals surface area contributed by atoms with Crippen molar-refractivity contribution in [1.82, 2.24) is 19.9 Å². The van der Waals surface area contributed by atoms with Crippen LogP contribution in [0.2, 0.25) is 0 Å². The lowest BCUT2D eigenvalue weighted by Crippen LogP contribution is -2.00. The van der Waals surface area contributed by atoms with E-state index in [2.05, 4.69) is 158 Å². The summed E-state index contributed by atoms with van der Waals surface area (Å²) in [4.78, 5) is 21.7. The molecule has 0 amide bonds. The Kier molecular flexibility index (Phi) is 8.32. The molecule has 0 aliphatic carbocycles. The molecular weight excluding hydrogens is 689 g/mol. The zero-order chi connectivity index (χ0) is 36.6. The highest BCUT2D eigenvalue weighted by Gasteiger charge is 2.23. The molecule has 3 aromatic heterocycles. The number of thiophene rings is 1. The number of pyridine rings is 1. The van der Waals surface area contributed by atoms with Crippen LogP contribution in [0.1, 0.15) is 0 Å². The fourth-order valence-electron chi connectivity index (χ4n) is 7.28. The van der Waals surface area contributed by atoms with Crippen LogP contribution in [-0.4, -0.2) is 19.9 Å². The summed E-state index contributed by atoms with van der Waals surface area (Å²) in [6.07, 6.45) is 0. The van der Waals surface area contributed by atoms with E-state index in [1.54, 1.807) is 11.3 Å². The van der Waals surface area contributed by atoms with E-state index >= 15 is 0 Å². The highest BCUT2D eigenvalue weighted by molar-refractivity contribution is 7.23. The quantitative estimate of drug-likeness (QED) is 0.164. The summed E-state index contributed by atoms with van der Waals surface area (Å²) < 4.78 is 1.16. The largest absolute Gasteiger partial charge is 0.246 e. The van der Waals surface area contributed by atoms with Crippen LogP contribution < -0.4 is 0 Å². The molecule has 0 atom stereocenters. The topological polar surface area (TPSA) is 51.6 Å². The maximum Gasteiger partial charge on any atom is 0.164 e. The van der Waals surface area contributed by atoms with Crippen molar-refractivity contribution in [2.45, 2.75) is 0 Å². The molecule has 0 radical (unpaired) electrons. The Morgan fingerprint density at radius 3 is 1.44 bits per heavy atom. The summed E-state index contributed by atoms with van der Waals surface area (Å²) in [6.45, 7) is 0. The van der Waals surface area contributed by atoms with Crippen LogP contribution >= 0.6 is 11.3 Å². The lowest BCUT2D eigenvalue weighted by Gasteiger charge is -2.11. The van der Waals surface area contributed by atoms with Gasteiger partial charge in [-0.2, -0.15) is 0 Å². The minimum Gasteiger partial charge on any atom is -0.246 e. The molecule has 0 aliphatic heterocycles. The molecule has 0 aliphatic rings. The Morgan fingerprint density at radius 1 is 0.327 bits per heavy atom. The molecule has 5 heteroatoms. The van der Waals surface area contributed by atoms with Crippen LogP contribution in [0.4, 0.5) is 0 Å². The van der Waals surface area contributed by atoms with Crippen molar-refractivity contribution in [2.24, 2.45) is 0 Å². The summed E-state index contributed by atoms with van der Waals surface area (Å²) in [5.41, 5.74) is 11.6. The lowest BCUT2D eigenvalue weighted by atomic mass is 9.95. The first kappa shape index (κ1) is 32.6. The number of rotatable bonds is 7. The summed E-state index contributed by atoms with van der Waals surface area (Å²) in [5, 5.41) is 2.36. The maximum atomic E-state index is 5.26. The smallest absolute Gasteiger partial charge is 0.164 e. The van der Waals surface area contributed by atoms with Crippen LogP contribution in [0, 0.1) is 0 Å². The predicted octanol–water partition coefficient (Wildman–Crippen LogP) is 13.3. The van der Waals surface area contributed by atoms with Gasteiger partial charge in [-0.25, -0.2) is 19.9 Å². The SMILES string of the molecule is c1ccc(-c2ccc(-c3nc(-c4ccccc4)nc(-c4cccc(-c5sc6c(-c7ccccc7)nc7ccccc7c6c5-c5ccccc5)c4)n3)cc2)cc1. The van der Waals surface area contributed by atoms with Crippen molar-refractivity contribution in [3.05, 3.63) is 194 Å². The minimum atomic E-state index is 0.623. The van der Waals surface area contributed by atoms with Crippen molar-refractivity contribution in [3.63, 3.8) is 0 Å². The second kappa shape index (κ2) is 14.0. The minimum absolute atomic E-state index is 0.623. The van der Waals surface area contributed by atoms with Crippen LogP contribution in [0.25, 0.3) is 99.1 Å². The van der Waals surface area contributed by atoms with Gasteiger partial charge in [0.25, 0.3) is 0 Å². The molecule has 4 nitrogen and oxygen atoms in total. The highest BCUT2D eigenvalue weighted by Crippen LogP contribution is 2.50. The van der Waals surface area contributed by atoms with Crippen LogP contribution in [-0.2, 0) is 0 Å². The van der Waals surface area contributed by atoms with Gasteiger partial charge in [0.1, 0.15) is 0 Å². The second-order valence-corrected chi connectivity index (χ2v) is 14.4. The van der Waals surface area contributed by atoms with E-state index in [1.807, 2.05) is 36.4 Å². The first-order valence-corrected chi connectivity index (χ1v) is 19.1. The molecule has 0 saturated carbocycles. The third-order valence-corrected chi connectivity index (χ3v) is 11.2. The van der Waals surface area contributed by atoms with E-state index in [1.165, 1.54) is 21.4 Å². The fourth-order valence-corrected chi connectivity index (χ4v) is 8.62. The fraction of sp³-hybridized carbons (Fsp3) is 0. The first-order valence-electron chi connectivity index (χ1n) is 18.3. The van der Waals surface area contributed by atoms with E-state index in [-0.39, 0.29) is 0 Å². The molecule has 10 rings (SSSR count). The van der Waals surface area contributed by atoms with Gasteiger partial charge in [-0.05, 0) is 34.4 Å². The summed E-state index contributed by atoms with van der Waals surface area (Å²) in [6, 6.07) is 67.3. The Hall–Kier alpha value is -7.08. The van der Waals surface area contributed by atoms with Gasteiger partial charge >= 0.3 is 0 Å². The molecule has 258 valence electrons. The Morgan fingerprint density at radius 2 is 0.782 bits per heavy atom. The number of hydrogen-bond acceptors (Lipinski definition) is 5. The van der Waals surface area contributed by atoms with Crippen LogP contribution in [0.15, 0.2) is 194 Å². The molecule has 0 spiro atoms. The number of nitrogens with zero attached hydrogens (tertiary/aromatic N) is 4. The standard InChI is InChI=1S/C50H32N4S/c1-5-16-33(17-6-1)34-28-30-38(31-29-34)49-52-48(37-22-11-4-12-23-37)53-50(54-49)40-25-15-24-39(32-40)46-43(35-18-7-2-8-19-35)44-41-26-13-14-27-42(41)51-45(47(44)55-46)36-20-9-3-10-21-36/h1-32H. The van der Waals surface area contributed by atoms with Crippen molar-refractivity contribution < 1.29 is 0 Å². The Balaban J connectivity index is 1.17. The number of hydrogen-bond donors (Lipinski definition) is 0. The molecule has 0 bridgehead atoms. The van der Waals surface area contributed by atoms with E-state index < -0.39 is 0 Å². The van der Waals surface area contributed by atoms with Crippen molar-refractivity contribution >= 4 is 32.3 Å². The van der Waals surface area contributed by atoms with Crippen molar-refractivity contribution in [3.8, 4) is 78.1 Å². The third kappa shape index (κ3) is 6.17. The van der Waals surface area contributed by atoms with Gasteiger partial charge in [-0.1, -0.05) is 182 Å². The Bertz CT molecular complexity index is 2940. The molecule has 7 aromatic carbocycles. The van der Waals surface area contributed by atoms with Gasteiger partial charge in [0.15, 0.2) is 17.5 Å². The van der Waals surface area contributed by atoms with Gasteiger partial charge in [-0.15, -0.1) is 11.3 Å². The lowest BCUT2D eigenvalue weighted by molar-refractivity contribution is 1.07. The molecular formula is C50H32N4S. The summed E-state index contributed by atoms with van der Waals surface area (Å²) >= 11 is 1.80. The van der Waals surface area contributed by atoms with Gasteiger partial charge in [0.05, 0.1) is 15.9 Å². The van der Waals surface area contributed by atoms with Crippen molar-refractivity contribution in [1.29, 1.82) is 0 Å². The summed E-state index contributed by atoms with van der Waals surface area (Å²) in [7, 11) is 0. The Labute approximate surface area is 323 Å². The van der Waals surface area contributed by atoms with Gasteiger partial charge in [0.2, 0.25) is 0 Å². The number of para-hydroxylation sites is 1. The van der Waals surface area contributed by atoms with E-state index in [9.17, 15) is 0 Å². The van der Waals surface area contributed by atoms with E-state index in [0.717, 1.165) is 60.2 Å². The van der Waals surface area contributed by atoms with Gasteiger partial charge < -0.3 is 0 Å². The van der Waals surface area contributed by atoms with Gasteiger partial charge in [-0.3, -0.25) is 0 Å². The van der Waals surface area contributed by atoms with E-state index in [0.29, 0.717) is 17.5 Å². The maximum absolute atomic E-state index is 5.26.